The lowest BCUT2D eigenvalue weighted by Gasteiger charge is -2.26. The molecule has 1 aliphatic rings. The quantitative estimate of drug-likeness (QED) is 0.748. The summed E-state index contributed by atoms with van der Waals surface area (Å²) < 4.78 is 5.37. The molecule has 2 rings (SSSR count). The molecular weight excluding hydrogens is 196 g/mol. The van der Waals surface area contributed by atoms with Crippen LogP contribution in [0.15, 0.2) is 18.3 Å². The Balaban J connectivity index is 2.02. The summed E-state index contributed by atoms with van der Waals surface area (Å²) in [5, 5.41) is 12.0. The van der Waals surface area contributed by atoms with Gasteiger partial charge in [0.15, 0.2) is 0 Å². The summed E-state index contributed by atoms with van der Waals surface area (Å²) in [6, 6.07) is 3.07. The third kappa shape index (κ3) is 2.24. The summed E-state index contributed by atoms with van der Waals surface area (Å²) in [5.74, 6) is -0.338. The highest BCUT2D eigenvalue weighted by Crippen LogP contribution is 2.15. The third-order valence-corrected chi connectivity index (χ3v) is 2.32. The molecule has 1 fully saturated rings. The molecule has 0 bridgehead atoms. The molecule has 0 spiro atoms. The summed E-state index contributed by atoms with van der Waals surface area (Å²) in [6.45, 7) is 2.37. The maximum atomic E-state index is 10.8. The fraction of sp³-hybridized carbons (Fsp3) is 0.400. The van der Waals surface area contributed by atoms with Crippen LogP contribution < -0.4 is 10.1 Å². The number of carbonyl (C=O) groups is 1. The number of carboxylic acid groups (broad SMARTS) is 1. The van der Waals surface area contributed by atoms with Crippen molar-refractivity contribution < 1.29 is 14.6 Å². The van der Waals surface area contributed by atoms with E-state index in [-0.39, 0.29) is 11.4 Å². The van der Waals surface area contributed by atoms with Crippen LogP contribution in [0, 0.1) is 5.92 Å². The molecule has 1 aromatic heterocycles. The molecule has 0 saturated carbocycles. The first-order chi connectivity index (χ1) is 7.27. The fourth-order valence-electron chi connectivity index (χ4n) is 1.33. The molecule has 5 heteroatoms. The van der Waals surface area contributed by atoms with Gasteiger partial charge in [-0.1, -0.05) is 0 Å². The summed E-state index contributed by atoms with van der Waals surface area (Å²) in [6.07, 6.45) is 1.53. The highest BCUT2D eigenvalue weighted by molar-refractivity contribution is 5.90. The molecule has 1 saturated heterocycles. The van der Waals surface area contributed by atoms with Crippen LogP contribution in [0.5, 0.6) is 5.88 Å². The predicted octanol–water partition coefficient (Wildman–Crippen LogP) is 0.378. The SMILES string of the molecule is O=C(O)c1cccnc1OCC1CNC1. The molecule has 15 heavy (non-hydrogen) atoms. The van der Waals surface area contributed by atoms with Gasteiger partial charge in [0.25, 0.3) is 0 Å². The van der Waals surface area contributed by atoms with Crippen molar-refractivity contribution in [3.63, 3.8) is 0 Å². The van der Waals surface area contributed by atoms with Gasteiger partial charge in [0.2, 0.25) is 5.88 Å². The van der Waals surface area contributed by atoms with Crippen molar-refractivity contribution in [3.05, 3.63) is 23.9 Å². The van der Waals surface area contributed by atoms with Gasteiger partial charge in [-0.15, -0.1) is 0 Å². The molecule has 0 atom stereocenters. The Morgan fingerprint density at radius 2 is 2.47 bits per heavy atom. The highest BCUT2D eigenvalue weighted by atomic mass is 16.5. The monoisotopic (exact) mass is 208 g/mol. The number of hydrogen-bond donors (Lipinski definition) is 2. The Hall–Kier alpha value is -1.62. The second kappa shape index (κ2) is 4.27. The van der Waals surface area contributed by atoms with Crippen molar-refractivity contribution in [1.29, 1.82) is 0 Å². The zero-order valence-corrected chi connectivity index (χ0v) is 8.14. The molecule has 0 aromatic carbocycles. The van der Waals surface area contributed by atoms with Crippen LogP contribution in [0.4, 0.5) is 0 Å². The Bertz CT molecular complexity index is 363. The van der Waals surface area contributed by atoms with Crippen LogP contribution in [0.25, 0.3) is 0 Å². The van der Waals surface area contributed by atoms with Crippen molar-refractivity contribution in [2.75, 3.05) is 19.7 Å². The van der Waals surface area contributed by atoms with E-state index in [4.69, 9.17) is 9.84 Å². The van der Waals surface area contributed by atoms with Gasteiger partial charge in [-0.2, -0.15) is 0 Å². The number of carboxylic acids is 1. The van der Waals surface area contributed by atoms with Crippen LogP contribution >= 0.6 is 0 Å². The minimum absolute atomic E-state index is 0.116. The lowest BCUT2D eigenvalue weighted by molar-refractivity contribution is 0.0689. The molecule has 1 aliphatic heterocycles. The maximum absolute atomic E-state index is 10.8. The minimum atomic E-state index is -1.01. The van der Waals surface area contributed by atoms with Gasteiger partial charge in [0.1, 0.15) is 5.56 Å². The van der Waals surface area contributed by atoms with Crippen LogP contribution in [-0.4, -0.2) is 35.8 Å². The average Bonchev–Trinajstić information content (AvgIpc) is 2.16. The van der Waals surface area contributed by atoms with Crippen LogP contribution in [0.2, 0.25) is 0 Å². The minimum Gasteiger partial charge on any atom is -0.477 e. The van der Waals surface area contributed by atoms with Gasteiger partial charge in [-0.05, 0) is 12.1 Å². The van der Waals surface area contributed by atoms with Crippen molar-refractivity contribution in [1.82, 2.24) is 10.3 Å². The van der Waals surface area contributed by atoms with Crippen LogP contribution in [-0.2, 0) is 0 Å². The average molecular weight is 208 g/mol. The summed E-state index contributed by atoms with van der Waals surface area (Å²) in [4.78, 5) is 14.7. The number of ether oxygens (including phenoxy) is 1. The van der Waals surface area contributed by atoms with Crippen molar-refractivity contribution >= 4 is 5.97 Å². The Morgan fingerprint density at radius 3 is 3.07 bits per heavy atom. The molecule has 0 radical (unpaired) electrons. The molecule has 80 valence electrons. The van der Waals surface area contributed by atoms with E-state index in [2.05, 4.69) is 10.3 Å². The number of pyridine rings is 1. The molecule has 2 heterocycles. The third-order valence-electron chi connectivity index (χ3n) is 2.32. The van der Waals surface area contributed by atoms with E-state index in [0.29, 0.717) is 12.5 Å². The summed E-state index contributed by atoms with van der Waals surface area (Å²) in [7, 11) is 0. The van der Waals surface area contributed by atoms with Gasteiger partial charge in [0.05, 0.1) is 6.61 Å². The van der Waals surface area contributed by atoms with E-state index < -0.39 is 5.97 Å². The lowest BCUT2D eigenvalue weighted by atomic mass is 10.1. The Labute approximate surface area is 87.1 Å². The van der Waals surface area contributed by atoms with E-state index in [9.17, 15) is 4.79 Å². The molecular formula is C10H12N2O3. The molecule has 5 nitrogen and oxygen atoms in total. The first-order valence-electron chi connectivity index (χ1n) is 4.79. The van der Waals surface area contributed by atoms with Gasteiger partial charge >= 0.3 is 5.97 Å². The van der Waals surface area contributed by atoms with Crippen molar-refractivity contribution in [2.24, 2.45) is 5.92 Å². The number of rotatable bonds is 4. The Kier molecular flexibility index (Phi) is 2.82. The van der Waals surface area contributed by atoms with E-state index in [1.807, 2.05) is 0 Å². The van der Waals surface area contributed by atoms with E-state index in [0.717, 1.165) is 13.1 Å². The number of nitrogens with zero attached hydrogens (tertiary/aromatic N) is 1. The molecule has 1 aromatic rings. The zero-order valence-electron chi connectivity index (χ0n) is 8.14. The fourth-order valence-corrected chi connectivity index (χ4v) is 1.33. The predicted molar refractivity (Wildman–Crippen MR) is 53.1 cm³/mol. The molecule has 0 amide bonds. The van der Waals surface area contributed by atoms with Crippen molar-refractivity contribution in [3.8, 4) is 5.88 Å². The normalized spacial score (nSPS) is 15.7. The van der Waals surface area contributed by atoms with Gasteiger partial charge < -0.3 is 15.2 Å². The summed E-state index contributed by atoms with van der Waals surface area (Å²) in [5.41, 5.74) is 0.116. The van der Waals surface area contributed by atoms with E-state index in [1.54, 1.807) is 6.07 Å². The van der Waals surface area contributed by atoms with E-state index >= 15 is 0 Å². The number of aromatic carboxylic acids is 1. The molecule has 0 aliphatic carbocycles. The second-order valence-corrected chi connectivity index (χ2v) is 3.50. The largest absolute Gasteiger partial charge is 0.477 e. The van der Waals surface area contributed by atoms with Gasteiger partial charge in [-0.25, -0.2) is 9.78 Å². The standard InChI is InChI=1S/C10H12N2O3/c13-10(14)8-2-1-3-12-9(8)15-6-7-4-11-5-7/h1-3,7,11H,4-6H2,(H,13,14). The smallest absolute Gasteiger partial charge is 0.341 e. The number of aromatic nitrogens is 1. The highest BCUT2D eigenvalue weighted by Gasteiger charge is 2.19. The molecule has 0 unspecified atom stereocenters. The van der Waals surface area contributed by atoms with E-state index in [1.165, 1.54) is 12.3 Å². The Morgan fingerprint density at radius 1 is 1.67 bits per heavy atom. The maximum Gasteiger partial charge on any atom is 0.341 e. The lowest BCUT2D eigenvalue weighted by Crippen LogP contribution is -2.45. The van der Waals surface area contributed by atoms with Crippen LogP contribution in [0.3, 0.4) is 0 Å². The first-order valence-corrected chi connectivity index (χ1v) is 4.79. The molecule has 2 N–H and O–H groups in total. The number of nitrogens with one attached hydrogen (secondary N) is 1. The topological polar surface area (TPSA) is 71.5 Å². The summed E-state index contributed by atoms with van der Waals surface area (Å²) >= 11 is 0. The number of hydrogen-bond acceptors (Lipinski definition) is 4. The second-order valence-electron chi connectivity index (χ2n) is 3.50. The van der Waals surface area contributed by atoms with Gasteiger partial charge in [-0.3, -0.25) is 0 Å². The van der Waals surface area contributed by atoms with Crippen LogP contribution in [0.1, 0.15) is 10.4 Å². The van der Waals surface area contributed by atoms with Gasteiger partial charge in [0, 0.05) is 25.2 Å². The zero-order chi connectivity index (χ0) is 10.7. The first kappa shape index (κ1) is 9.92. The van der Waals surface area contributed by atoms with Crippen molar-refractivity contribution in [2.45, 2.75) is 0 Å².